The summed E-state index contributed by atoms with van der Waals surface area (Å²) in [6.45, 7) is 5.09. The Balaban J connectivity index is 3.28. The van der Waals surface area contributed by atoms with Crippen LogP contribution in [0.4, 0.5) is 0 Å². The number of halogens is 1. The zero-order chi connectivity index (χ0) is 10.8. The molecule has 0 bridgehead atoms. The molecule has 0 spiro atoms. The normalized spacial score (nSPS) is 12.5. The monoisotopic (exact) mass is 263 g/mol. The molecule has 0 radical (unpaired) electrons. The van der Waals surface area contributed by atoms with Crippen molar-refractivity contribution in [3.8, 4) is 0 Å². The first kappa shape index (κ1) is 13.9. The van der Waals surface area contributed by atoms with E-state index in [1.165, 1.54) is 19.3 Å². The summed E-state index contributed by atoms with van der Waals surface area (Å²) in [7, 11) is 0. The van der Waals surface area contributed by atoms with Gasteiger partial charge in [0.25, 0.3) is 0 Å². The van der Waals surface area contributed by atoms with Crippen LogP contribution < -0.4 is 5.32 Å². The number of carbonyl (C=O) groups is 1. The summed E-state index contributed by atoms with van der Waals surface area (Å²) < 4.78 is 0. The van der Waals surface area contributed by atoms with Crippen LogP contribution in [0.3, 0.4) is 0 Å². The second-order valence-corrected chi connectivity index (χ2v) is 4.52. The van der Waals surface area contributed by atoms with Crippen LogP contribution in [0.1, 0.15) is 46.0 Å². The fraction of sp³-hybridized carbons (Fsp3) is 0.909. The van der Waals surface area contributed by atoms with E-state index >= 15 is 0 Å². The molecule has 0 saturated carbocycles. The average Bonchev–Trinajstić information content (AvgIpc) is 2.21. The molecule has 0 fully saturated rings. The Kier molecular flexibility index (Phi) is 9.47. The highest BCUT2D eigenvalue weighted by atomic mass is 79.9. The molecule has 1 amide bonds. The highest BCUT2D eigenvalue weighted by Gasteiger charge is 2.03. The van der Waals surface area contributed by atoms with Gasteiger partial charge in [0.2, 0.25) is 5.91 Å². The van der Waals surface area contributed by atoms with E-state index in [0.29, 0.717) is 12.3 Å². The van der Waals surface area contributed by atoms with Gasteiger partial charge in [-0.15, -0.1) is 0 Å². The van der Waals surface area contributed by atoms with E-state index in [9.17, 15) is 4.79 Å². The number of alkyl halides is 1. The van der Waals surface area contributed by atoms with Gasteiger partial charge in [0.05, 0.1) is 0 Å². The number of carbonyl (C=O) groups excluding carboxylic acids is 1. The van der Waals surface area contributed by atoms with Gasteiger partial charge in [0.15, 0.2) is 0 Å². The zero-order valence-corrected chi connectivity index (χ0v) is 10.9. The number of hydrogen-bond donors (Lipinski definition) is 1. The van der Waals surface area contributed by atoms with E-state index in [-0.39, 0.29) is 5.91 Å². The van der Waals surface area contributed by atoms with Crippen molar-refractivity contribution >= 4 is 21.8 Å². The maximum Gasteiger partial charge on any atom is 0.220 e. The summed E-state index contributed by atoms with van der Waals surface area (Å²) in [6, 6.07) is 0. The van der Waals surface area contributed by atoms with Gasteiger partial charge >= 0.3 is 0 Å². The number of nitrogens with one attached hydrogen (secondary N) is 1. The summed E-state index contributed by atoms with van der Waals surface area (Å²) >= 11 is 3.39. The van der Waals surface area contributed by atoms with Crippen LogP contribution in [-0.4, -0.2) is 17.8 Å². The lowest BCUT2D eigenvalue weighted by Gasteiger charge is -2.09. The third kappa shape index (κ3) is 8.54. The largest absolute Gasteiger partial charge is 0.356 e. The van der Waals surface area contributed by atoms with E-state index in [1.54, 1.807) is 0 Å². The van der Waals surface area contributed by atoms with Crippen LogP contribution >= 0.6 is 15.9 Å². The molecular weight excluding hydrogens is 242 g/mol. The molecule has 0 aliphatic carbocycles. The topological polar surface area (TPSA) is 29.1 Å². The molecular formula is C11H22BrNO. The van der Waals surface area contributed by atoms with E-state index < -0.39 is 0 Å². The number of rotatable bonds is 8. The van der Waals surface area contributed by atoms with E-state index in [0.717, 1.165) is 18.3 Å². The summed E-state index contributed by atoms with van der Waals surface area (Å²) in [4.78, 5) is 11.3. The van der Waals surface area contributed by atoms with Gasteiger partial charge in [-0.2, -0.15) is 0 Å². The molecule has 3 heteroatoms. The second kappa shape index (κ2) is 9.50. The summed E-state index contributed by atoms with van der Waals surface area (Å²) in [6.07, 6.45) is 5.36. The predicted octanol–water partition coefficient (Wildman–Crippen LogP) is 3.10. The van der Waals surface area contributed by atoms with Crippen molar-refractivity contribution in [2.24, 2.45) is 5.92 Å². The lowest BCUT2D eigenvalue weighted by Crippen LogP contribution is -2.28. The zero-order valence-electron chi connectivity index (χ0n) is 9.31. The lowest BCUT2D eigenvalue weighted by atomic mass is 10.1. The number of amides is 1. The smallest absolute Gasteiger partial charge is 0.220 e. The third-order valence-electron chi connectivity index (χ3n) is 2.17. The molecule has 1 unspecified atom stereocenters. The van der Waals surface area contributed by atoms with E-state index in [4.69, 9.17) is 0 Å². The van der Waals surface area contributed by atoms with E-state index in [2.05, 4.69) is 35.1 Å². The van der Waals surface area contributed by atoms with Gasteiger partial charge in [-0.25, -0.2) is 0 Å². The van der Waals surface area contributed by atoms with Crippen LogP contribution in [-0.2, 0) is 4.79 Å². The molecule has 0 rings (SSSR count). The first-order valence-corrected chi connectivity index (χ1v) is 6.65. The maximum atomic E-state index is 11.3. The molecule has 0 aromatic heterocycles. The Morgan fingerprint density at radius 3 is 2.64 bits per heavy atom. The van der Waals surface area contributed by atoms with Crippen molar-refractivity contribution in [1.29, 1.82) is 0 Å². The van der Waals surface area contributed by atoms with Crippen molar-refractivity contribution in [2.75, 3.05) is 11.9 Å². The Bertz CT molecular complexity index is 150. The molecule has 1 N–H and O–H groups in total. The van der Waals surface area contributed by atoms with Crippen LogP contribution in [0.15, 0.2) is 0 Å². The van der Waals surface area contributed by atoms with Crippen molar-refractivity contribution in [1.82, 2.24) is 5.32 Å². The number of unbranched alkanes of at least 4 members (excludes halogenated alkanes) is 3. The molecule has 14 heavy (non-hydrogen) atoms. The van der Waals surface area contributed by atoms with Crippen molar-refractivity contribution in [2.45, 2.75) is 46.0 Å². The molecule has 0 aromatic rings. The van der Waals surface area contributed by atoms with E-state index in [1.807, 2.05) is 0 Å². The minimum atomic E-state index is 0.203. The summed E-state index contributed by atoms with van der Waals surface area (Å²) in [5.41, 5.74) is 0. The number of hydrogen-bond acceptors (Lipinski definition) is 1. The van der Waals surface area contributed by atoms with Crippen LogP contribution in [0.2, 0.25) is 0 Å². The molecule has 1 atom stereocenters. The van der Waals surface area contributed by atoms with Gasteiger partial charge in [-0.1, -0.05) is 49.0 Å². The minimum Gasteiger partial charge on any atom is -0.356 e. The van der Waals surface area contributed by atoms with Crippen molar-refractivity contribution < 1.29 is 4.79 Å². The Hall–Kier alpha value is -0.0500. The van der Waals surface area contributed by atoms with Gasteiger partial charge in [0.1, 0.15) is 0 Å². The highest BCUT2D eigenvalue weighted by molar-refractivity contribution is 9.09. The lowest BCUT2D eigenvalue weighted by molar-refractivity contribution is -0.121. The summed E-state index contributed by atoms with van der Waals surface area (Å²) in [5, 5.41) is 3.89. The van der Waals surface area contributed by atoms with Crippen LogP contribution in [0, 0.1) is 5.92 Å². The molecule has 2 nitrogen and oxygen atoms in total. The van der Waals surface area contributed by atoms with Gasteiger partial charge in [0, 0.05) is 18.3 Å². The molecule has 0 aliphatic rings. The molecule has 84 valence electrons. The first-order valence-electron chi connectivity index (χ1n) is 5.53. The third-order valence-corrected chi connectivity index (χ3v) is 3.27. The molecule has 0 saturated heterocycles. The van der Waals surface area contributed by atoms with Gasteiger partial charge in [-0.3, -0.25) is 4.79 Å². The Morgan fingerprint density at radius 2 is 2.07 bits per heavy atom. The fourth-order valence-corrected chi connectivity index (χ4v) is 1.37. The SMILES string of the molecule is CCCCCCC(=O)NCC(C)CBr. The van der Waals surface area contributed by atoms with Crippen LogP contribution in [0.5, 0.6) is 0 Å². The average molecular weight is 264 g/mol. The minimum absolute atomic E-state index is 0.203. The Labute approximate surface area is 96.0 Å². The second-order valence-electron chi connectivity index (χ2n) is 3.87. The summed E-state index contributed by atoms with van der Waals surface area (Å²) in [5.74, 6) is 0.725. The quantitative estimate of drug-likeness (QED) is 0.529. The fourth-order valence-electron chi connectivity index (χ4n) is 1.14. The molecule has 0 heterocycles. The molecule has 0 aliphatic heterocycles. The highest BCUT2D eigenvalue weighted by Crippen LogP contribution is 2.02. The maximum absolute atomic E-state index is 11.3. The van der Waals surface area contributed by atoms with Crippen molar-refractivity contribution in [3.05, 3.63) is 0 Å². The van der Waals surface area contributed by atoms with Gasteiger partial charge < -0.3 is 5.32 Å². The molecule has 0 aromatic carbocycles. The Morgan fingerprint density at radius 1 is 1.36 bits per heavy atom. The first-order chi connectivity index (χ1) is 6.70. The van der Waals surface area contributed by atoms with Crippen molar-refractivity contribution in [3.63, 3.8) is 0 Å². The standard InChI is InChI=1S/C11H22BrNO/c1-3-4-5-6-7-11(14)13-9-10(2)8-12/h10H,3-9H2,1-2H3,(H,13,14). The van der Waals surface area contributed by atoms with Crippen LogP contribution in [0.25, 0.3) is 0 Å². The van der Waals surface area contributed by atoms with Gasteiger partial charge in [-0.05, 0) is 12.3 Å². The predicted molar refractivity (Wildman–Crippen MR) is 64.7 cm³/mol.